The molecule has 0 radical (unpaired) electrons. The molecule has 5 heteroatoms. The number of fused-ring (bicyclic) bond motifs is 1. The second-order valence-electron chi connectivity index (χ2n) is 4.23. The summed E-state index contributed by atoms with van der Waals surface area (Å²) < 4.78 is 14.0. The summed E-state index contributed by atoms with van der Waals surface area (Å²) in [6, 6.07) is 10.7. The zero-order chi connectivity index (χ0) is 13.4. The highest BCUT2D eigenvalue weighted by Gasteiger charge is 2.09. The number of benzene rings is 2. The maximum Gasteiger partial charge on any atom is 0.138 e. The van der Waals surface area contributed by atoms with Gasteiger partial charge in [-0.1, -0.05) is 12.1 Å². The summed E-state index contributed by atoms with van der Waals surface area (Å²) in [5, 5.41) is 0. The van der Waals surface area contributed by atoms with Crippen molar-refractivity contribution in [2.45, 2.75) is 6.54 Å². The lowest BCUT2D eigenvalue weighted by Crippen LogP contribution is -1.96. The third-order valence-electron chi connectivity index (χ3n) is 3.01. The van der Waals surface area contributed by atoms with Gasteiger partial charge in [-0.15, -0.1) is 0 Å². The fraction of sp³-hybridized carbons (Fsp3) is 0.0714. The quantitative estimate of drug-likeness (QED) is 0.758. The van der Waals surface area contributed by atoms with Gasteiger partial charge < -0.3 is 10.7 Å². The van der Waals surface area contributed by atoms with E-state index >= 15 is 0 Å². The molecule has 19 heavy (non-hydrogen) atoms. The second-order valence-corrected chi connectivity index (χ2v) is 5.09. The van der Waals surface area contributed by atoms with Crippen LogP contribution in [0.1, 0.15) is 5.56 Å². The average molecular weight is 320 g/mol. The van der Waals surface area contributed by atoms with Crippen LogP contribution in [0, 0.1) is 5.82 Å². The number of halogens is 2. The predicted molar refractivity (Wildman–Crippen MR) is 77.1 cm³/mol. The van der Waals surface area contributed by atoms with Gasteiger partial charge in [-0.2, -0.15) is 0 Å². The van der Waals surface area contributed by atoms with Crippen molar-refractivity contribution in [3.05, 3.63) is 52.3 Å². The van der Waals surface area contributed by atoms with Crippen molar-refractivity contribution in [3.63, 3.8) is 0 Å². The van der Waals surface area contributed by atoms with E-state index in [4.69, 9.17) is 5.73 Å². The summed E-state index contributed by atoms with van der Waals surface area (Å²) in [6.07, 6.45) is 0. The molecule has 0 fully saturated rings. The molecule has 1 heterocycles. The van der Waals surface area contributed by atoms with Crippen LogP contribution in [-0.4, -0.2) is 9.97 Å². The second kappa shape index (κ2) is 4.75. The van der Waals surface area contributed by atoms with E-state index in [0.29, 0.717) is 22.4 Å². The predicted octanol–water partition coefficient (Wildman–Crippen LogP) is 3.59. The lowest BCUT2D eigenvalue weighted by atomic mass is 10.2. The molecule has 0 bridgehead atoms. The molecular formula is C14H11BrFN3. The SMILES string of the molecule is NCc1cccc2[nH]c(-c3ccc(Br)c(F)c3)nc12. The van der Waals surface area contributed by atoms with Gasteiger partial charge in [0.25, 0.3) is 0 Å². The van der Waals surface area contributed by atoms with Gasteiger partial charge in [0.2, 0.25) is 0 Å². The van der Waals surface area contributed by atoms with Gasteiger partial charge in [0.1, 0.15) is 11.6 Å². The van der Waals surface area contributed by atoms with Gasteiger partial charge in [-0.3, -0.25) is 0 Å². The van der Waals surface area contributed by atoms with E-state index in [1.807, 2.05) is 24.3 Å². The van der Waals surface area contributed by atoms with Crippen LogP contribution < -0.4 is 5.73 Å². The van der Waals surface area contributed by atoms with Crippen LogP contribution in [0.5, 0.6) is 0 Å². The molecule has 0 spiro atoms. The van der Waals surface area contributed by atoms with Crippen molar-refractivity contribution in [3.8, 4) is 11.4 Å². The van der Waals surface area contributed by atoms with Crippen LogP contribution >= 0.6 is 15.9 Å². The van der Waals surface area contributed by atoms with Gasteiger partial charge in [0, 0.05) is 12.1 Å². The molecule has 0 aliphatic heterocycles. The van der Waals surface area contributed by atoms with Crippen molar-refractivity contribution in [2.75, 3.05) is 0 Å². The largest absolute Gasteiger partial charge is 0.338 e. The molecule has 0 aliphatic rings. The summed E-state index contributed by atoms with van der Waals surface area (Å²) in [4.78, 5) is 7.69. The highest BCUT2D eigenvalue weighted by atomic mass is 79.9. The molecule has 2 aromatic carbocycles. The van der Waals surface area contributed by atoms with Crippen LogP contribution in [0.4, 0.5) is 4.39 Å². The Bertz CT molecular complexity index is 752. The van der Waals surface area contributed by atoms with Crippen molar-refractivity contribution >= 4 is 27.0 Å². The van der Waals surface area contributed by atoms with Crippen molar-refractivity contribution in [1.29, 1.82) is 0 Å². The van der Waals surface area contributed by atoms with E-state index in [2.05, 4.69) is 25.9 Å². The first-order valence-electron chi connectivity index (χ1n) is 5.82. The Kier molecular flexibility index (Phi) is 3.08. The Morgan fingerprint density at radius 1 is 1.26 bits per heavy atom. The van der Waals surface area contributed by atoms with E-state index in [0.717, 1.165) is 16.6 Å². The number of imidazole rings is 1. The molecular weight excluding hydrogens is 309 g/mol. The number of aromatic amines is 1. The topological polar surface area (TPSA) is 54.7 Å². The normalized spacial score (nSPS) is 11.1. The van der Waals surface area contributed by atoms with Crippen molar-refractivity contribution in [2.24, 2.45) is 5.73 Å². The third kappa shape index (κ3) is 2.15. The summed E-state index contributed by atoms with van der Waals surface area (Å²) in [5.41, 5.74) is 9.11. The molecule has 0 atom stereocenters. The van der Waals surface area contributed by atoms with E-state index < -0.39 is 0 Å². The monoisotopic (exact) mass is 319 g/mol. The zero-order valence-corrected chi connectivity index (χ0v) is 11.5. The lowest BCUT2D eigenvalue weighted by molar-refractivity contribution is 0.621. The average Bonchev–Trinajstić information content (AvgIpc) is 2.85. The first-order valence-corrected chi connectivity index (χ1v) is 6.61. The summed E-state index contributed by atoms with van der Waals surface area (Å²) in [7, 11) is 0. The molecule has 0 amide bonds. The summed E-state index contributed by atoms with van der Waals surface area (Å²) in [6.45, 7) is 0.427. The minimum Gasteiger partial charge on any atom is -0.338 e. The fourth-order valence-electron chi connectivity index (χ4n) is 2.04. The Labute approximate surface area is 117 Å². The molecule has 3 rings (SSSR count). The standard InChI is InChI=1S/C14H11BrFN3/c15-10-5-4-8(6-11(10)16)14-18-12-3-1-2-9(7-17)13(12)19-14/h1-6H,7,17H2,(H,18,19). The first-order chi connectivity index (χ1) is 9.19. The molecule has 3 N–H and O–H groups in total. The highest BCUT2D eigenvalue weighted by Crippen LogP contribution is 2.25. The van der Waals surface area contributed by atoms with Crippen LogP contribution in [-0.2, 0) is 6.54 Å². The molecule has 3 aromatic rings. The molecule has 0 saturated heterocycles. The number of hydrogen-bond acceptors (Lipinski definition) is 2. The molecule has 3 nitrogen and oxygen atoms in total. The summed E-state index contributed by atoms with van der Waals surface area (Å²) >= 11 is 3.14. The van der Waals surface area contributed by atoms with Gasteiger partial charge in [-0.05, 0) is 45.8 Å². The lowest BCUT2D eigenvalue weighted by Gasteiger charge is -1.98. The van der Waals surface area contributed by atoms with Gasteiger partial charge in [0.15, 0.2) is 0 Å². The van der Waals surface area contributed by atoms with Crippen molar-refractivity contribution in [1.82, 2.24) is 9.97 Å². The highest BCUT2D eigenvalue weighted by molar-refractivity contribution is 9.10. The number of rotatable bonds is 2. The first kappa shape index (κ1) is 12.3. The van der Waals surface area contributed by atoms with Gasteiger partial charge >= 0.3 is 0 Å². The smallest absolute Gasteiger partial charge is 0.138 e. The number of nitrogens with zero attached hydrogens (tertiary/aromatic N) is 1. The Morgan fingerprint density at radius 3 is 2.84 bits per heavy atom. The molecule has 96 valence electrons. The number of hydrogen-bond donors (Lipinski definition) is 2. The minimum atomic E-state index is -0.308. The Balaban J connectivity index is 2.17. The van der Waals surface area contributed by atoms with Gasteiger partial charge in [-0.25, -0.2) is 9.37 Å². The van der Waals surface area contributed by atoms with Crippen LogP contribution in [0.3, 0.4) is 0 Å². The molecule has 1 aromatic heterocycles. The number of nitrogens with two attached hydrogens (primary N) is 1. The maximum absolute atomic E-state index is 13.6. The number of nitrogens with one attached hydrogen (secondary N) is 1. The van der Waals surface area contributed by atoms with E-state index in [1.165, 1.54) is 6.07 Å². The fourth-order valence-corrected chi connectivity index (χ4v) is 2.28. The number of aromatic nitrogens is 2. The zero-order valence-electron chi connectivity index (χ0n) is 9.95. The van der Waals surface area contributed by atoms with E-state index in [-0.39, 0.29) is 5.82 Å². The van der Waals surface area contributed by atoms with E-state index in [9.17, 15) is 4.39 Å². The van der Waals surface area contributed by atoms with Crippen molar-refractivity contribution < 1.29 is 4.39 Å². The third-order valence-corrected chi connectivity index (χ3v) is 3.65. The Morgan fingerprint density at radius 2 is 2.11 bits per heavy atom. The minimum absolute atomic E-state index is 0.308. The van der Waals surface area contributed by atoms with Crippen LogP contribution in [0.15, 0.2) is 40.9 Å². The number of H-pyrrole nitrogens is 1. The maximum atomic E-state index is 13.6. The van der Waals surface area contributed by atoms with Crippen LogP contribution in [0.25, 0.3) is 22.4 Å². The Hall–Kier alpha value is -1.72. The van der Waals surface area contributed by atoms with E-state index in [1.54, 1.807) is 6.07 Å². The van der Waals surface area contributed by atoms with Crippen LogP contribution in [0.2, 0.25) is 0 Å². The molecule has 0 saturated carbocycles. The molecule has 0 aliphatic carbocycles. The summed E-state index contributed by atoms with van der Waals surface area (Å²) in [5.74, 6) is 0.333. The van der Waals surface area contributed by atoms with Gasteiger partial charge in [0.05, 0.1) is 15.5 Å². The number of para-hydroxylation sites is 1. The molecule has 0 unspecified atom stereocenters.